The van der Waals surface area contributed by atoms with Crippen LogP contribution < -0.4 is 10.6 Å². The zero-order chi connectivity index (χ0) is 22.8. The molecule has 0 unspecified atom stereocenters. The van der Waals surface area contributed by atoms with Gasteiger partial charge in [-0.25, -0.2) is 9.59 Å². The Kier molecular flexibility index (Phi) is 8.58. The fraction of sp³-hybridized carbons (Fsp3) is 0.304. The lowest BCUT2D eigenvalue weighted by atomic mass is 9.99. The second-order valence-electron chi connectivity index (χ2n) is 7.30. The van der Waals surface area contributed by atoms with Gasteiger partial charge < -0.3 is 20.5 Å². The first-order valence-corrected chi connectivity index (χ1v) is 9.80. The number of carbonyl (C=O) groups is 3. The Hall–Kier alpha value is -3.86. The van der Waals surface area contributed by atoms with Crippen molar-refractivity contribution in [1.82, 2.24) is 10.6 Å². The fourth-order valence-corrected chi connectivity index (χ4v) is 2.92. The van der Waals surface area contributed by atoms with Gasteiger partial charge in [-0.3, -0.25) is 4.79 Å². The van der Waals surface area contributed by atoms with E-state index in [-0.39, 0.29) is 18.9 Å². The first-order valence-electron chi connectivity index (χ1n) is 9.80. The third-order valence-electron chi connectivity index (χ3n) is 4.61. The number of carboxylic acid groups (broad SMARTS) is 1. The van der Waals surface area contributed by atoms with E-state index in [4.69, 9.17) is 4.74 Å². The highest BCUT2D eigenvalue weighted by Gasteiger charge is 2.29. The number of ether oxygens (including phenoxy) is 1. The average molecular weight is 423 g/mol. The smallest absolute Gasteiger partial charge is 0.408 e. The highest BCUT2D eigenvalue weighted by molar-refractivity contribution is 5.89. The van der Waals surface area contributed by atoms with Crippen molar-refractivity contribution in [2.24, 2.45) is 5.92 Å². The van der Waals surface area contributed by atoms with Crippen molar-refractivity contribution in [3.05, 3.63) is 71.3 Å². The number of benzene rings is 2. The Bertz CT molecular complexity index is 953. The van der Waals surface area contributed by atoms with E-state index in [9.17, 15) is 24.8 Å². The lowest BCUT2D eigenvalue weighted by Crippen LogP contribution is -2.54. The van der Waals surface area contributed by atoms with Gasteiger partial charge in [-0.1, -0.05) is 62.4 Å². The molecular formula is C23H25N3O5. The topological polar surface area (TPSA) is 129 Å². The Morgan fingerprint density at radius 2 is 1.68 bits per heavy atom. The fourth-order valence-electron chi connectivity index (χ4n) is 2.92. The number of nitrogens with one attached hydrogen (secondary N) is 2. The summed E-state index contributed by atoms with van der Waals surface area (Å²) in [6.45, 7) is 3.49. The molecular weight excluding hydrogens is 398 g/mol. The lowest BCUT2D eigenvalue weighted by molar-refractivity contribution is -0.142. The minimum Gasteiger partial charge on any atom is -0.480 e. The third kappa shape index (κ3) is 7.16. The summed E-state index contributed by atoms with van der Waals surface area (Å²) in [7, 11) is 0. The summed E-state index contributed by atoms with van der Waals surface area (Å²) in [5, 5.41) is 23.7. The van der Waals surface area contributed by atoms with Crippen LogP contribution in [0, 0.1) is 17.2 Å². The third-order valence-corrected chi connectivity index (χ3v) is 4.61. The molecule has 2 aromatic rings. The molecule has 0 spiro atoms. The molecule has 3 N–H and O–H groups in total. The van der Waals surface area contributed by atoms with Crippen molar-refractivity contribution in [2.75, 3.05) is 0 Å². The minimum absolute atomic E-state index is 0.0435. The molecule has 0 aromatic heterocycles. The number of hydrogen-bond donors (Lipinski definition) is 3. The van der Waals surface area contributed by atoms with Crippen molar-refractivity contribution in [2.45, 2.75) is 39.0 Å². The molecule has 8 nitrogen and oxygen atoms in total. The molecule has 0 fully saturated rings. The Balaban J connectivity index is 2.02. The molecule has 2 aromatic carbocycles. The van der Waals surface area contributed by atoms with Crippen molar-refractivity contribution in [3.63, 3.8) is 0 Å². The van der Waals surface area contributed by atoms with Gasteiger partial charge in [0.1, 0.15) is 18.7 Å². The standard InChI is InChI=1S/C23H25N3O5/c1-15(2)20(26-23(30)31-14-16-8-4-3-5-9-16)21(27)25-19(22(28)29)12-17-10-6-7-11-18(17)13-24/h3-11,15,19-20H,12,14H2,1-2H3,(H,25,27)(H,26,30)(H,28,29)/t19-,20+/m0/s1. The SMILES string of the molecule is CC(C)[C@@H](NC(=O)OCc1ccccc1)C(=O)N[C@@H](Cc1ccccc1C#N)C(=O)O. The summed E-state index contributed by atoms with van der Waals surface area (Å²) >= 11 is 0. The second-order valence-corrected chi connectivity index (χ2v) is 7.30. The highest BCUT2D eigenvalue weighted by Crippen LogP contribution is 2.11. The minimum atomic E-state index is -1.26. The molecule has 8 heteroatoms. The van der Waals surface area contributed by atoms with E-state index >= 15 is 0 Å². The summed E-state index contributed by atoms with van der Waals surface area (Å²) < 4.78 is 5.15. The van der Waals surface area contributed by atoms with Gasteiger partial charge in [-0.15, -0.1) is 0 Å². The van der Waals surface area contributed by atoms with Crippen LogP contribution in [0.5, 0.6) is 0 Å². The number of nitriles is 1. The van der Waals surface area contributed by atoms with Gasteiger partial charge in [0, 0.05) is 6.42 Å². The summed E-state index contributed by atoms with van der Waals surface area (Å²) in [4.78, 5) is 36.6. The number of rotatable bonds is 9. The summed E-state index contributed by atoms with van der Waals surface area (Å²) in [6, 6.07) is 15.4. The van der Waals surface area contributed by atoms with E-state index in [2.05, 4.69) is 10.6 Å². The zero-order valence-corrected chi connectivity index (χ0v) is 17.4. The second kappa shape index (κ2) is 11.4. The molecule has 0 aliphatic carbocycles. The Morgan fingerprint density at radius 1 is 1.03 bits per heavy atom. The van der Waals surface area contributed by atoms with E-state index in [1.54, 1.807) is 50.2 Å². The summed E-state index contributed by atoms with van der Waals surface area (Å²) in [5.41, 5.74) is 1.64. The van der Waals surface area contributed by atoms with Gasteiger partial charge in [0.05, 0.1) is 11.6 Å². The van der Waals surface area contributed by atoms with Gasteiger partial charge in [-0.2, -0.15) is 5.26 Å². The Labute approximate surface area is 180 Å². The van der Waals surface area contributed by atoms with E-state index in [0.717, 1.165) is 5.56 Å². The van der Waals surface area contributed by atoms with Crippen LogP contribution in [0.15, 0.2) is 54.6 Å². The van der Waals surface area contributed by atoms with Crippen LogP contribution in [0.1, 0.15) is 30.5 Å². The molecule has 0 saturated carbocycles. The Morgan fingerprint density at radius 3 is 2.29 bits per heavy atom. The molecule has 0 aliphatic rings. The molecule has 0 bridgehead atoms. The molecule has 0 saturated heterocycles. The molecule has 0 heterocycles. The zero-order valence-electron chi connectivity index (χ0n) is 17.4. The number of aliphatic carboxylic acids is 1. The molecule has 2 atom stereocenters. The van der Waals surface area contributed by atoms with Crippen molar-refractivity contribution >= 4 is 18.0 Å². The monoisotopic (exact) mass is 423 g/mol. The summed E-state index contributed by atoms with van der Waals surface area (Å²) in [6.07, 6.45) is -0.840. The largest absolute Gasteiger partial charge is 0.480 e. The van der Waals surface area contributed by atoms with E-state index in [0.29, 0.717) is 11.1 Å². The maximum absolute atomic E-state index is 12.7. The van der Waals surface area contributed by atoms with Crippen LogP contribution in [-0.4, -0.2) is 35.2 Å². The number of hydrogen-bond acceptors (Lipinski definition) is 5. The van der Waals surface area contributed by atoms with E-state index in [1.807, 2.05) is 24.3 Å². The molecule has 31 heavy (non-hydrogen) atoms. The first-order chi connectivity index (χ1) is 14.8. The molecule has 2 amide bonds. The highest BCUT2D eigenvalue weighted by atomic mass is 16.5. The normalized spacial score (nSPS) is 12.3. The van der Waals surface area contributed by atoms with Crippen molar-refractivity contribution in [3.8, 4) is 6.07 Å². The molecule has 162 valence electrons. The van der Waals surface area contributed by atoms with Crippen LogP contribution in [0.3, 0.4) is 0 Å². The van der Waals surface area contributed by atoms with Crippen LogP contribution in [-0.2, 0) is 27.4 Å². The van der Waals surface area contributed by atoms with Gasteiger partial charge in [0.2, 0.25) is 5.91 Å². The van der Waals surface area contributed by atoms with Crippen LogP contribution in [0.25, 0.3) is 0 Å². The van der Waals surface area contributed by atoms with Crippen molar-refractivity contribution < 1.29 is 24.2 Å². The van der Waals surface area contributed by atoms with Crippen molar-refractivity contribution in [1.29, 1.82) is 5.26 Å². The number of carbonyl (C=O) groups excluding carboxylic acids is 2. The maximum Gasteiger partial charge on any atom is 0.408 e. The number of carboxylic acids is 1. The van der Waals surface area contributed by atoms with Gasteiger partial charge in [0.25, 0.3) is 0 Å². The van der Waals surface area contributed by atoms with Gasteiger partial charge in [-0.05, 0) is 23.1 Å². The number of alkyl carbamates (subject to hydrolysis) is 1. The first kappa shape index (κ1) is 23.4. The summed E-state index contributed by atoms with van der Waals surface area (Å²) in [5.74, 6) is -2.20. The molecule has 2 rings (SSSR count). The predicted octanol–water partition coefficient (Wildman–Crippen LogP) is 2.62. The van der Waals surface area contributed by atoms with Crippen LogP contribution >= 0.6 is 0 Å². The quantitative estimate of drug-likeness (QED) is 0.569. The average Bonchev–Trinajstić information content (AvgIpc) is 2.76. The van der Waals surface area contributed by atoms with Gasteiger partial charge >= 0.3 is 12.1 Å². The molecule has 0 aliphatic heterocycles. The van der Waals surface area contributed by atoms with E-state index < -0.39 is 30.1 Å². The number of amides is 2. The van der Waals surface area contributed by atoms with Crippen LogP contribution in [0.4, 0.5) is 4.79 Å². The lowest BCUT2D eigenvalue weighted by Gasteiger charge is -2.24. The number of nitrogens with zero attached hydrogens (tertiary/aromatic N) is 1. The molecule has 0 radical (unpaired) electrons. The predicted molar refractivity (Wildman–Crippen MR) is 113 cm³/mol. The van der Waals surface area contributed by atoms with Gasteiger partial charge in [0.15, 0.2) is 0 Å². The maximum atomic E-state index is 12.7. The van der Waals surface area contributed by atoms with E-state index in [1.165, 1.54) is 0 Å². The van der Waals surface area contributed by atoms with Crippen LogP contribution in [0.2, 0.25) is 0 Å².